The molecule has 21 heavy (non-hydrogen) atoms. The van der Waals surface area contributed by atoms with Gasteiger partial charge < -0.3 is 10.1 Å². The molecular weight excluding hydrogens is 280 g/mol. The summed E-state index contributed by atoms with van der Waals surface area (Å²) in [6.45, 7) is -1.08. The average molecular weight is 293 g/mol. The summed E-state index contributed by atoms with van der Waals surface area (Å²) in [7, 11) is 0. The first-order valence-electron chi connectivity index (χ1n) is 6.18. The highest BCUT2D eigenvalue weighted by Crippen LogP contribution is 2.19. The summed E-state index contributed by atoms with van der Waals surface area (Å²) >= 11 is 0. The van der Waals surface area contributed by atoms with Crippen LogP contribution in [-0.2, 0) is 0 Å². The van der Waals surface area contributed by atoms with E-state index in [9.17, 15) is 13.6 Å². The minimum Gasteiger partial charge on any atom is -0.435 e. The maximum Gasteiger partial charge on any atom is 0.387 e. The van der Waals surface area contributed by atoms with Gasteiger partial charge in [-0.1, -0.05) is 12.1 Å². The molecule has 1 aromatic carbocycles. The fraction of sp³-hybridized carbons (Fsp3) is 0.214. The number of hydrogen-bond acceptors (Lipinski definition) is 4. The molecule has 7 heteroatoms. The van der Waals surface area contributed by atoms with Gasteiger partial charge in [0.2, 0.25) is 0 Å². The van der Waals surface area contributed by atoms with E-state index in [1.807, 2.05) is 0 Å². The van der Waals surface area contributed by atoms with Crippen molar-refractivity contribution in [2.24, 2.45) is 0 Å². The zero-order valence-corrected chi connectivity index (χ0v) is 11.2. The van der Waals surface area contributed by atoms with Crippen molar-refractivity contribution < 1.29 is 18.3 Å². The number of rotatable bonds is 5. The zero-order chi connectivity index (χ0) is 15.2. The maximum atomic E-state index is 12.0. The lowest BCUT2D eigenvalue weighted by Crippen LogP contribution is -2.27. The van der Waals surface area contributed by atoms with Crippen molar-refractivity contribution in [3.8, 4) is 5.75 Å². The molecule has 0 aliphatic heterocycles. The molecule has 1 aromatic heterocycles. The van der Waals surface area contributed by atoms with Crippen molar-refractivity contribution in [3.05, 3.63) is 54.1 Å². The standard InChI is InChI=1S/C14H13F2N3O2/c1-9(19-13(20)12-8-17-6-7-18-12)10-2-4-11(5-3-10)21-14(15)16/h2-9,14H,1H3,(H,19,20). The van der Waals surface area contributed by atoms with Crippen LogP contribution in [0.5, 0.6) is 5.75 Å². The predicted molar refractivity (Wildman–Crippen MR) is 71.0 cm³/mol. The van der Waals surface area contributed by atoms with E-state index in [-0.39, 0.29) is 23.4 Å². The van der Waals surface area contributed by atoms with Crippen LogP contribution >= 0.6 is 0 Å². The van der Waals surface area contributed by atoms with Crippen LogP contribution < -0.4 is 10.1 Å². The number of alkyl halides is 2. The van der Waals surface area contributed by atoms with E-state index in [1.165, 1.54) is 30.7 Å². The topological polar surface area (TPSA) is 64.1 Å². The first kappa shape index (κ1) is 14.8. The first-order valence-corrected chi connectivity index (χ1v) is 6.18. The van der Waals surface area contributed by atoms with Crippen molar-refractivity contribution in [2.45, 2.75) is 19.6 Å². The Balaban J connectivity index is 2.00. The van der Waals surface area contributed by atoms with E-state index in [4.69, 9.17) is 0 Å². The second-order valence-corrected chi connectivity index (χ2v) is 4.23. The number of carbonyl (C=O) groups excluding carboxylic acids is 1. The summed E-state index contributed by atoms with van der Waals surface area (Å²) in [6.07, 6.45) is 4.26. The van der Waals surface area contributed by atoms with Gasteiger partial charge in [-0.3, -0.25) is 9.78 Å². The van der Waals surface area contributed by atoms with Crippen molar-refractivity contribution in [1.29, 1.82) is 0 Å². The second kappa shape index (κ2) is 6.74. The molecule has 1 atom stereocenters. The summed E-state index contributed by atoms with van der Waals surface area (Å²) in [5, 5.41) is 2.74. The third-order valence-corrected chi connectivity index (χ3v) is 2.75. The predicted octanol–water partition coefficient (Wildman–Crippen LogP) is 2.57. The quantitative estimate of drug-likeness (QED) is 0.920. The van der Waals surface area contributed by atoms with E-state index >= 15 is 0 Å². The molecular formula is C14H13F2N3O2. The molecule has 110 valence electrons. The summed E-state index contributed by atoms with van der Waals surface area (Å²) < 4.78 is 28.4. The van der Waals surface area contributed by atoms with Gasteiger partial charge in [0.25, 0.3) is 5.91 Å². The van der Waals surface area contributed by atoms with Gasteiger partial charge in [-0.05, 0) is 24.6 Å². The van der Waals surface area contributed by atoms with E-state index in [0.29, 0.717) is 0 Å². The van der Waals surface area contributed by atoms with Crippen molar-refractivity contribution in [3.63, 3.8) is 0 Å². The SMILES string of the molecule is CC(NC(=O)c1cnccn1)c1ccc(OC(F)F)cc1. The Kier molecular flexibility index (Phi) is 4.76. The van der Waals surface area contributed by atoms with Gasteiger partial charge in [0.1, 0.15) is 11.4 Å². The highest BCUT2D eigenvalue weighted by Gasteiger charge is 2.13. The molecule has 0 saturated heterocycles. The molecule has 0 saturated carbocycles. The lowest BCUT2D eigenvalue weighted by atomic mass is 10.1. The molecule has 0 bridgehead atoms. The molecule has 1 N–H and O–H groups in total. The van der Waals surface area contributed by atoms with Gasteiger partial charge in [0, 0.05) is 12.4 Å². The van der Waals surface area contributed by atoms with E-state index in [0.717, 1.165) is 5.56 Å². The van der Waals surface area contributed by atoms with Crippen LogP contribution in [-0.4, -0.2) is 22.5 Å². The van der Waals surface area contributed by atoms with Crippen LogP contribution in [0.25, 0.3) is 0 Å². The number of hydrogen-bond donors (Lipinski definition) is 1. The average Bonchev–Trinajstić information content (AvgIpc) is 2.48. The summed E-state index contributed by atoms with van der Waals surface area (Å²) in [5.74, 6) is -0.287. The monoisotopic (exact) mass is 293 g/mol. The van der Waals surface area contributed by atoms with Crippen LogP contribution in [0.1, 0.15) is 29.0 Å². The minimum atomic E-state index is -2.86. The molecule has 1 unspecified atom stereocenters. The Hall–Kier alpha value is -2.57. The van der Waals surface area contributed by atoms with Gasteiger partial charge in [-0.25, -0.2) is 4.98 Å². The largest absolute Gasteiger partial charge is 0.435 e. The lowest BCUT2D eigenvalue weighted by molar-refractivity contribution is -0.0498. The Morgan fingerprint density at radius 1 is 1.24 bits per heavy atom. The van der Waals surface area contributed by atoms with Gasteiger partial charge >= 0.3 is 6.61 Å². The Morgan fingerprint density at radius 3 is 2.52 bits per heavy atom. The number of halogens is 2. The molecule has 2 aromatic rings. The number of benzene rings is 1. The van der Waals surface area contributed by atoms with Crippen molar-refractivity contribution in [1.82, 2.24) is 15.3 Å². The number of aromatic nitrogens is 2. The second-order valence-electron chi connectivity index (χ2n) is 4.23. The number of ether oxygens (including phenoxy) is 1. The molecule has 2 rings (SSSR count). The van der Waals surface area contributed by atoms with Gasteiger partial charge in [-0.2, -0.15) is 8.78 Å². The maximum absolute atomic E-state index is 12.0. The zero-order valence-electron chi connectivity index (χ0n) is 11.2. The highest BCUT2D eigenvalue weighted by atomic mass is 19.3. The third kappa shape index (κ3) is 4.20. The van der Waals surface area contributed by atoms with Gasteiger partial charge in [0.15, 0.2) is 0 Å². The molecule has 1 heterocycles. The number of amides is 1. The van der Waals surface area contributed by atoms with Gasteiger partial charge in [-0.15, -0.1) is 0 Å². The Labute approximate surface area is 120 Å². The van der Waals surface area contributed by atoms with Crippen LogP contribution in [0.4, 0.5) is 8.78 Å². The fourth-order valence-corrected chi connectivity index (χ4v) is 1.71. The van der Waals surface area contributed by atoms with E-state index in [2.05, 4.69) is 20.0 Å². The summed E-state index contributed by atoms with van der Waals surface area (Å²) in [5.41, 5.74) is 0.968. The smallest absolute Gasteiger partial charge is 0.387 e. The molecule has 0 fully saturated rings. The Bertz CT molecular complexity index is 591. The number of nitrogens with zero attached hydrogens (tertiary/aromatic N) is 2. The molecule has 5 nitrogen and oxygen atoms in total. The molecule has 1 amide bonds. The molecule has 0 radical (unpaired) electrons. The van der Waals surface area contributed by atoms with E-state index in [1.54, 1.807) is 19.1 Å². The summed E-state index contributed by atoms with van der Waals surface area (Å²) in [4.78, 5) is 19.6. The first-order chi connectivity index (χ1) is 10.1. The normalized spacial score (nSPS) is 12.0. The van der Waals surface area contributed by atoms with Crippen LogP contribution in [0.3, 0.4) is 0 Å². The third-order valence-electron chi connectivity index (χ3n) is 2.75. The minimum absolute atomic E-state index is 0.0706. The Morgan fingerprint density at radius 2 is 1.95 bits per heavy atom. The van der Waals surface area contributed by atoms with Gasteiger partial charge in [0.05, 0.1) is 12.2 Å². The van der Waals surface area contributed by atoms with E-state index < -0.39 is 6.61 Å². The van der Waals surface area contributed by atoms with Crippen LogP contribution in [0.2, 0.25) is 0 Å². The van der Waals surface area contributed by atoms with Crippen molar-refractivity contribution >= 4 is 5.91 Å². The number of carbonyl (C=O) groups is 1. The van der Waals surface area contributed by atoms with Crippen LogP contribution in [0.15, 0.2) is 42.9 Å². The highest BCUT2D eigenvalue weighted by molar-refractivity contribution is 5.92. The van der Waals surface area contributed by atoms with Crippen molar-refractivity contribution in [2.75, 3.05) is 0 Å². The van der Waals surface area contributed by atoms with Crippen LogP contribution in [0, 0.1) is 0 Å². The fourth-order valence-electron chi connectivity index (χ4n) is 1.71. The lowest BCUT2D eigenvalue weighted by Gasteiger charge is -2.14. The molecule has 0 spiro atoms. The molecule has 0 aliphatic carbocycles. The number of nitrogens with one attached hydrogen (secondary N) is 1. The molecule has 0 aliphatic rings. The summed E-state index contributed by atoms with van der Waals surface area (Å²) in [6, 6.07) is 5.76.